The van der Waals surface area contributed by atoms with E-state index in [1.165, 1.54) is 12.1 Å². The third-order valence-corrected chi connectivity index (χ3v) is 5.53. The highest BCUT2D eigenvalue weighted by molar-refractivity contribution is 9.10. The van der Waals surface area contributed by atoms with Crippen LogP contribution in [0.5, 0.6) is 0 Å². The average molecular weight is 377 g/mol. The molecule has 0 aromatic carbocycles. The molecule has 0 saturated heterocycles. The van der Waals surface area contributed by atoms with Crippen LogP contribution in [-0.4, -0.2) is 52.9 Å². The van der Waals surface area contributed by atoms with Crippen molar-refractivity contribution in [2.24, 2.45) is 0 Å². The van der Waals surface area contributed by atoms with Gasteiger partial charge in [0.1, 0.15) is 0 Å². The minimum atomic E-state index is 0.341. The Morgan fingerprint density at radius 3 is 2.71 bits per heavy atom. The van der Waals surface area contributed by atoms with Crippen LogP contribution in [0.15, 0.2) is 10.7 Å². The van der Waals surface area contributed by atoms with E-state index < -0.39 is 0 Å². The van der Waals surface area contributed by atoms with E-state index in [-0.39, 0.29) is 0 Å². The maximum atomic E-state index is 4.53. The predicted octanol–water partition coefficient (Wildman–Crippen LogP) is 3.39. The average Bonchev–Trinajstić information content (AvgIpc) is 2.81. The van der Waals surface area contributed by atoms with Crippen molar-refractivity contribution in [2.45, 2.75) is 45.0 Å². The zero-order valence-corrected chi connectivity index (χ0v) is 16.3. The second kappa shape index (κ2) is 9.87. The van der Waals surface area contributed by atoms with Gasteiger partial charge < -0.3 is 10.2 Å². The first-order valence-corrected chi connectivity index (χ1v) is 9.54. The lowest BCUT2D eigenvalue weighted by molar-refractivity contribution is 0.364. The van der Waals surface area contributed by atoms with Crippen LogP contribution in [0.4, 0.5) is 0 Å². The van der Waals surface area contributed by atoms with Crippen molar-refractivity contribution < 1.29 is 0 Å². The van der Waals surface area contributed by atoms with Crippen LogP contribution in [0.1, 0.15) is 38.9 Å². The van der Waals surface area contributed by atoms with Crippen molar-refractivity contribution in [3.8, 4) is 0 Å². The van der Waals surface area contributed by atoms with Crippen molar-refractivity contribution in [3.05, 3.63) is 16.4 Å². The number of hydrogen-bond donors (Lipinski definition) is 1. The summed E-state index contributed by atoms with van der Waals surface area (Å²) in [7, 11) is 4.19. The molecule has 0 aliphatic carbocycles. The van der Waals surface area contributed by atoms with E-state index in [4.69, 9.17) is 0 Å². The molecule has 4 nitrogen and oxygen atoms in total. The van der Waals surface area contributed by atoms with Gasteiger partial charge in [-0.15, -0.1) is 0 Å². The topological polar surface area (TPSA) is 33.1 Å². The van der Waals surface area contributed by atoms with E-state index in [9.17, 15) is 0 Å². The van der Waals surface area contributed by atoms with Gasteiger partial charge in [-0.3, -0.25) is 4.68 Å². The number of nitrogens with zero attached hydrogens (tertiary/aromatic N) is 3. The molecular formula is C15H29BrN4S. The summed E-state index contributed by atoms with van der Waals surface area (Å²) in [6, 6.07) is 0.341. The Bertz CT molecular complexity index is 408. The van der Waals surface area contributed by atoms with Crippen LogP contribution in [0.2, 0.25) is 0 Å². The highest BCUT2D eigenvalue weighted by Crippen LogP contribution is 2.28. The van der Waals surface area contributed by atoms with E-state index in [2.05, 4.69) is 70.8 Å². The summed E-state index contributed by atoms with van der Waals surface area (Å²) in [6.45, 7) is 9.60. The first kappa shape index (κ1) is 19.0. The SMILES string of the molecule is CCNC(CSC(C)CC)c1c(Br)cnn1CCN(C)C. The molecule has 1 aromatic rings. The monoisotopic (exact) mass is 376 g/mol. The van der Waals surface area contributed by atoms with Crippen molar-refractivity contribution in [2.75, 3.05) is 32.9 Å². The highest BCUT2D eigenvalue weighted by Gasteiger charge is 2.20. The molecule has 2 unspecified atom stereocenters. The minimum Gasteiger partial charge on any atom is -0.308 e. The van der Waals surface area contributed by atoms with Crippen molar-refractivity contribution in [1.29, 1.82) is 0 Å². The van der Waals surface area contributed by atoms with Gasteiger partial charge in [0.25, 0.3) is 0 Å². The largest absolute Gasteiger partial charge is 0.308 e. The second-order valence-corrected chi connectivity index (χ2v) is 7.89. The number of hydrogen-bond acceptors (Lipinski definition) is 4. The molecule has 1 N–H and O–H groups in total. The van der Waals surface area contributed by atoms with Gasteiger partial charge >= 0.3 is 0 Å². The first-order chi connectivity index (χ1) is 9.99. The maximum absolute atomic E-state index is 4.53. The highest BCUT2D eigenvalue weighted by atomic mass is 79.9. The van der Waals surface area contributed by atoms with Crippen LogP contribution in [-0.2, 0) is 6.54 Å². The number of thioether (sulfide) groups is 1. The lowest BCUT2D eigenvalue weighted by Gasteiger charge is -2.22. The van der Waals surface area contributed by atoms with Crippen molar-refractivity contribution >= 4 is 27.7 Å². The lowest BCUT2D eigenvalue weighted by atomic mass is 10.2. The minimum absolute atomic E-state index is 0.341. The van der Waals surface area contributed by atoms with Gasteiger partial charge in [0.15, 0.2) is 0 Å². The molecule has 1 heterocycles. The van der Waals surface area contributed by atoms with E-state index in [0.717, 1.165) is 29.9 Å². The van der Waals surface area contributed by atoms with Gasteiger partial charge in [0.2, 0.25) is 0 Å². The molecule has 0 spiro atoms. The predicted molar refractivity (Wildman–Crippen MR) is 97.1 cm³/mol. The summed E-state index contributed by atoms with van der Waals surface area (Å²) in [5.74, 6) is 1.08. The quantitative estimate of drug-likeness (QED) is 0.678. The normalized spacial score (nSPS) is 14.6. The van der Waals surface area contributed by atoms with Gasteiger partial charge in [-0.05, 0) is 43.0 Å². The Morgan fingerprint density at radius 1 is 1.43 bits per heavy atom. The summed E-state index contributed by atoms with van der Waals surface area (Å²) in [6.07, 6.45) is 3.13. The number of likely N-dealkylation sites (N-methyl/N-ethyl adjacent to an activating group) is 1. The second-order valence-electron chi connectivity index (χ2n) is 5.57. The van der Waals surface area contributed by atoms with Gasteiger partial charge in [0, 0.05) is 17.5 Å². The Morgan fingerprint density at radius 2 is 2.14 bits per heavy atom. The Kier molecular flexibility index (Phi) is 8.94. The van der Waals surface area contributed by atoms with Crippen LogP contribution >= 0.6 is 27.7 Å². The van der Waals surface area contributed by atoms with Crippen LogP contribution in [0.25, 0.3) is 0 Å². The lowest BCUT2D eigenvalue weighted by Crippen LogP contribution is -2.28. The van der Waals surface area contributed by atoms with Gasteiger partial charge in [-0.2, -0.15) is 16.9 Å². The molecule has 0 amide bonds. The van der Waals surface area contributed by atoms with Gasteiger partial charge in [-0.1, -0.05) is 20.8 Å². The summed E-state index contributed by atoms with van der Waals surface area (Å²) < 4.78 is 3.24. The molecule has 0 saturated carbocycles. The number of rotatable bonds is 10. The molecule has 0 fully saturated rings. The molecule has 21 heavy (non-hydrogen) atoms. The summed E-state index contributed by atoms with van der Waals surface area (Å²) in [4.78, 5) is 2.19. The standard InChI is InChI=1S/C15H29BrN4S/c1-6-12(3)21-11-14(17-7-2)15-13(16)10-18-20(15)9-8-19(4)5/h10,12,14,17H,6-9,11H2,1-5H3. The van der Waals surface area contributed by atoms with Crippen LogP contribution in [0, 0.1) is 0 Å². The zero-order valence-electron chi connectivity index (χ0n) is 13.9. The van der Waals surface area contributed by atoms with E-state index in [1.54, 1.807) is 0 Å². The fourth-order valence-corrected chi connectivity index (χ4v) is 3.66. The molecule has 122 valence electrons. The summed E-state index contributed by atoms with van der Waals surface area (Å²) in [5.41, 5.74) is 1.27. The molecule has 0 radical (unpaired) electrons. The zero-order chi connectivity index (χ0) is 15.8. The van der Waals surface area contributed by atoms with E-state index in [1.807, 2.05) is 18.0 Å². The van der Waals surface area contributed by atoms with Crippen molar-refractivity contribution in [1.82, 2.24) is 20.0 Å². The molecular weight excluding hydrogens is 348 g/mol. The number of aromatic nitrogens is 2. The third-order valence-electron chi connectivity index (χ3n) is 3.50. The fourth-order valence-electron chi connectivity index (χ4n) is 2.05. The maximum Gasteiger partial charge on any atom is 0.0704 e. The molecule has 6 heteroatoms. The third kappa shape index (κ3) is 6.30. The Hall–Kier alpha value is -0.0400. The first-order valence-electron chi connectivity index (χ1n) is 7.70. The number of halogens is 1. The Balaban J connectivity index is 2.82. The molecule has 0 aliphatic rings. The molecule has 0 bridgehead atoms. The van der Waals surface area contributed by atoms with E-state index in [0.29, 0.717) is 11.3 Å². The Labute approximate surface area is 142 Å². The molecule has 1 aromatic heterocycles. The van der Waals surface area contributed by atoms with Crippen LogP contribution in [0.3, 0.4) is 0 Å². The van der Waals surface area contributed by atoms with E-state index >= 15 is 0 Å². The van der Waals surface area contributed by atoms with Crippen molar-refractivity contribution in [3.63, 3.8) is 0 Å². The summed E-state index contributed by atoms with van der Waals surface area (Å²) >= 11 is 5.70. The smallest absolute Gasteiger partial charge is 0.0704 e. The summed E-state index contributed by atoms with van der Waals surface area (Å²) in [5, 5.41) is 8.84. The molecule has 0 aliphatic heterocycles. The van der Waals surface area contributed by atoms with Gasteiger partial charge in [-0.25, -0.2) is 0 Å². The molecule has 1 rings (SSSR count). The van der Waals surface area contributed by atoms with Gasteiger partial charge in [0.05, 0.1) is 29.0 Å². The number of nitrogens with one attached hydrogen (secondary N) is 1. The molecule has 2 atom stereocenters. The van der Waals surface area contributed by atoms with Crippen LogP contribution < -0.4 is 5.32 Å². The fraction of sp³-hybridized carbons (Fsp3) is 0.800.